The summed E-state index contributed by atoms with van der Waals surface area (Å²) in [5, 5.41) is 0.207. The van der Waals surface area contributed by atoms with E-state index in [9.17, 15) is 0 Å². The van der Waals surface area contributed by atoms with Gasteiger partial charge in [0.05, 0.1) is 4.47 Å². The highest BCUT2D eigenvalue weighted by molar-refractivity contribution is 9.10. The lowest BCUT2D eigenvalue weighted by Gasteiger charge is -2.36. The third-order valence-corrected chi connectivity index (χ3v) is 8.37. The molecular weight excluding hydrogens is 294 g/mol. The summed E-state index contributed by atoms with van der Waals surface area (Å²) >= 11 is 3.55. The van der Waals surface area contributed by atoms with Crippen molar-refractivity contribution in [1.29, 1.82) is 0 Å². The van der Waals surface area contributed by atoms with Crippen LogP contribution in [-0.4, -0.2) is 8.32 Å². The van der Waals surface area contributed by atoms with Gasteiger partial charge in [-0.15, -0.1) is 0 Å². The summed E-state index contributed by atoms with van der Waals surface area (Å²) in [4.78, 5) is 0. The van der Waals surface area contributed by atoms with Crippen LogP contribution in [0.4, 0.5) is 0 Å². The predicted molar refractivity (Wildman–Crippen MR) is 79.9 cm³/mol. The molecule has 0 bridgehead atoms. The summed E-state index contributed by atoms with van der Waals surface area (Å²) in [6, 6.07) is 6.06. The molecule has 17 heavy (non-hydrogen) atoms. The minimum Gasteiger partial charge on any atom is -0.543 e. The standard InChI is InChI=1S/C13H22BrNOSi/c1-13(2,3)17(4,5)16-12-7-6-10(9-15)8-11(12)14/h6-8H,9,15H2,1-5H3. The Bertz CT molecular complexity index is 399. The van der Waals surface area contributed by atoms with Crippen LogP contribution in [0.2, 0.25) is 18.1 Å². The summed E-state index contributed by atoms with van der Waals surface area (Å²) in [7, 11) is -1.77. The average molecular weight is 316 g/mol. The normalized spacial score (nSPS) is 12.6. The molecule has 96 valence electrons. The van der Waals surface area contributed by atoms with Gasteiger partial charge in [-0.2, -0.15) is 0 Å². The van der Waals surface area contributed by atoms with Crippen LogP contribution in [0.5, 0.6) is 5.75 Å². The second kappa shape index (κ2) is 5.12. The molecule has 4 heteroatoms. The zero-order valence-corrected chi connectivity index (χ0v) is 13.9. The molecular formula is C13H22BrNOSi. The minimum absolute atomic E-state index is 0.207. The van der Waals surface area contributed by atoms with Crippen molar-refractivity contribution in [3.05, 3.63) is 28.2 Å². The Morgan fingerprint density at radius 1 is 1.29 bits per heavy atom. The van der Waals surface area contributed by atoms with Crippen LogP contribution < -0.4 is 10.2 Å². The molecule has 0 saturated heterocycles. The Balaban J connectivity index is 2.96. The Labute approximate surface area is 114 Å². The molecule has 0 heterocycles. The van der Waals surface area contributed by atoms with Gasteiger partial charge in [0.15, 0.2) is 0 Å². The minimum atomic E-state index is -1.77. The van der Waals surface area contributed by atoms with E-state index < -0.39 is 8.32 Å². The van der Waals surface area contributed by atoms with E-state index >= 15 is 0 Å². The Hall–Kier alpha value is -0.323. The van der Waals surface area contributed by atoms with Gasteiger partial charge in [0, 0.05) is 6.54 Å². The first-order chi connectivity index (χ1) is 7.67. The molecule has 2 N–H and O–H groups in total. The van der Waals surface area contributed by atoms with Crippen molar-refractivity contribution in [2.75, 3.05) is 0 Å². The molecule has 1 rings (SSSR count). The van der Waals surface area contributed by atoms with E-state index in [1.54, 1.807) is 0 Å². The summed E-state index contributed by atoms with van der Waals surface area (Å²) in [6.07, 6.45) is 0. The van der Waals surface area contributed by atoms with Gasteiger partial charge in [0.2, 0.25) is 0 Å². The maximum atomic E-state index is 6.25. The van der Waals surface area contributed by atoms with Crippen molar-refractivity contribution in [2.24, 2.45) is 5.73 Å². The van der Waals surface area contributed by atoms with Crippen LogP contribution in [0.1, 0.15) is 26.3 Å². The molecule has 0 unspecified atom stereocenters. The third-order valence-electron chi connectivity index (χ3n) is 3.40. The van der Waals surface area contributed by atoms with Crippen molar-refractivity contribution in [3.63, 3.8) is 0 Å². The van der Waals surface area contributed by atoms with E-state index in [2.05, 4.69) is 49.8 Å². The van der Waals surface area contributed by atoms with Gasteiger partial charge >= 0.3 is 0 Å². The number of rotatable bonds is 3. The van der Waals surface area contributed by atoms with Crippen LogP contribution >= 0.6 is 15.9 Å². The van der Waals surface area contributed by atoms with Crippen LogP contribution in [0.15, 0.2) is 22.7 Å². The van der Waals surface area contributed by atoms with Crippen LogP contribution in [-0.2, 0) is 6.54 Å². The molecule has 0 radical (unpaired) electrons. The highest BCUT2D eigenvalue weighted by Crippen LogP contribution is 2.39. The monoisotopic (exact) mass is 315 g/mol. The molecule has 0 aromatic heterocycles. The zero-order chi connectivity index (χ0) is 13.3. The summed E-state index contributed by atoms with van der Waals surface area (Å²) in [5.41, 5.74) is 6.72. The van der Waals surface area contributed by atoms with Gasteiger partial charge in [0.25, 0.3) is 8.32 Å². The van der Waals surface area contributed by atoms with E-state index in [-0.39, 0.29) is 5.04 Å². The van der Waals surface area contributed by atoms with Crippen molar-refractivity contribution in [1.82, 2.24) is 0 Å². The first-order valence-electron chi connectivity index (χ1n) is 5.85. The first kappa shape index (κ1) is 14.7. The summed E-state index contributed by atoms with van der Waals surface area (Å²) in [6.45, 7) is 11.8. The SMILES string of the molecule is CC(C)(C)[Si](C)(C)Oc1ccc(CN)cc1Br. The van der Waals surface area contributed by atoms with Crippen molar-refractivity contribution in [2.45, 2.75) is 45.4 Å². The molecule has 0 aliphatic heterocycles. The average Bonchev–Trinajstić information content (AvgIpc) is 2.19. The van der Waals surface area contributed by atoms with Crippen molar-refractivity contribution in [3.8, 4) is 5.75 Å². The maximum Gasteiger partial charge on any atom is 0.250 e. The summed E-state index contributed by atoms with van der Waals surface area (Å²) < 4.78 is 7.24. The molecule has 0 fully saturated rings. The molecule has 0 spiro atoms. The lowest BCUT2D eigenvalue weighted by molar-refractivity contribution is 0.489. The third kappa shape index (κ3) is 3.57. The highest BCUT2D eigenvalue weighted by atomic mass is 79.9. The van der Waals surface area contributed by atoms with Gasteiger partial charge in [-0.05, 0) is 51.8 Å². The quantitative estimate of drug-likeness (QED) is 0.844. The van der Waals surface area contributed by atoms with Gasteiger partial charge in [-0.25, -0.2) is 0 Å². The van der Waals surface area contributed by atoms with E-state index in [1.165, 1.54) is 0 Å². The van der Waals surface area contributed by atoms with Gasteiger partial charge in [-0.1, -0.05) is 26.8 Å². The van der Waals surface area contributed by atoms with Crippen LogP contribution in [0, 0.1) is 0 Å². The second-order valence-corrected chi connectivity index (χ2v) is 11.4. The smallest absolute Gasteiger partial charge is 0.250 e. The molecule has 1 aromatic rings. The van der Waals surface area contributed by atoms with Crippen molar-refractivity contribution < 1.29 is 4.43 Å². The van der Waals surface area contributed by atoms with Crippen molar-refractivity contribution >= 4 is 24.2 Å². The van der Waals surface area contributed by atoms with Gasteiger partial charge < -0.3 is 10.2 Å². The second-order valence-electron chi connectivity index (χ2n) is 5.83. The molecule has 0 aliphatic rings. The summed E-state index contributed by atoms with van der Waals surface area (Å²) in [5.74, 6) is 0.925. The number of hydrogen-bond donors (Lipinski definition) is 1. The fourth-order valence-corrected chi connectivity index (χ4v) is 2.87. The fourth-order valence-electron chi connectivity index (χ4n) is 1.18. The molecule has 1 aromatic carbocycles. The number of halogens is 1. The maximum absolute atomic E-state index is 6.25. The molecule has 0 amide bonds. The van der Waals surface area contributed by atoms with E-state index in [0.29, 0.717) is 6.54 Å². The number of nitrogens with two attached hydrogens (primary N) is 1. The van der Waals surface area contributed by atoms with Gasteiger partial charge in [-0.3, -0.25) is 0 Å². The lowest BCUT2D eigenvalue weighted by Crippen LogP contribution is -2.43. The van der Waals surface area contributed by atoms with E-state index in [1.807, 2.05) is 18.2 Å². The first-order valence-corrected chi connectivity index (χ1v) is 9.55. The topological polar surface area (TPSA) is 35.2 Å². The lowest BCUT2D eigenvalue weighted by atomic mass is 10.2. The molecule has 0 saturated carbocycles. The Morgan fingerprint density at radius 3 is 2.29 bits per heavy atom. The van der Waals surface area contributed by atoms with Crippen LogP contribution in [0.25, 0.3) is 0 Å². The van der Waals surface area contributed by atoms with Crippen LogP contribution in [0.3, 0.4) is 0 Å². The number of benzene rings is 1. The van der Waals surface area contributed by atoms with Gasteiger partial charge in [0.1, 0.15) is 5.75 Å². The van der Waals surface area contributed by atoms with E-state index in [4.69, 9.17) is 10.2 Å². The zero-order valence-electron chi connectivity index (χ0n) is 11.3. The van der Waals surface area contributed by atoms with E-state index in [0.717, 1.165) is 15.8 Å². The Kier molecular flexibility index (Phi) is 4.44. The molecule has 0 aliphatic carbocycles. The predicted octanol–water partition coefficient (Wildman–Crippen LogP) is 4.29. The molecule has 0 atom stereocenters. The fraction of sp³-hybridized carbons (Fsp3) is 0.538. The molecule has 2 nitrogen and oxygen atoms in total. The largest absolute Gasteiger partial charge is 0.543 e. The highest BCUT2D eigenvalue weighted by Gasteiger charge is 2.39. The Morgan fingerprint density at radius 2 is 1.88 bits per heavy atom. The number of hydrogen-bond acceptors (Lipinski definition) is 2.